The summed E-state index contributed by atoms with van der Waals surface area (Å²) in [4.78, 5) is 14.4. The van der Waals surface area contributed by atoms with Crippen molar-refractivity contribution in [3.05, 3.63) is 65.2 Å². The van der Waals surface area contributed by atoms with Gasteiger partial charge >= 0.3 is 6.03 Å². The van der Waals surface area contributed by atoms with E-state index in [1.54, 1.807) is 47.4 Å². The largest absolute Gasteiger partial charge is 0.334 e. The van der Waals surface area contributed by atoms with E-state index in [1.807, 2.05) is 12.1 Å². The lowest BCUT2D eigenvalue weighted by Gasteiger charge is -2.25. The molecule has 138 valence electrons. The Balaban J connectivity index is 1.62. The zero-order chi connectivity index (χ0) is 18.6. The van der Waals surface area contributed by atoms with Gasteiger partial charge in [0.25, 0.3) is 0 Å². The number of carbonyl (C=O) groups is 1. The first-order valence-electron chi connectivity index (χ1n) is 8.52. The van der Waals surface area contributed by atoms with Gasteiger partial charge in [-0.15, -0.1) is 0 Å². The van der Waals surface area contributed by atoms with Crippen molar-refractivity contribution in [2.75, 3.05) is 12.3 Å². The Labute approximate surface area is 158 Å². The fourth-order valence-electron chi connectivity index (χ4n) is 3.14. The molecule has 0 radical (unpaired) electrons. The van der Waals surface area contributed by atoms with Crippen molar-refractivity contribution in [3.63, 3.8) is 0 Å². The molecular formula is C19H21ClN2O3S. The number of likely N-dealkylation sites (tertiary alicyclic amines) is 1. The number of urea groups is 1. The molecule has 1 aliphatic heterocycles. The Kier molecular flexibility index (Phi) is 5.84. The van der Waals surface area contributed by atoms with Crippen molar-refractivity contribution < 1.29 is 13.2 Å². The topological polar surface area (TPSA) is 66.5 Å². The molecule has 0 unspecified atom stereocenters. The van der Waals surface area contributed by atoms with Gasteiger partial charge in [0.05, 0.1) is 10.6 Å². The van der Waals surface area contributed by atoms with Crippen LogP contribution in [0.4, 0.5) is 4.79 Å². The molecule has 1 atom stereocenters. The van der Waals surface area contributed by atoms with Crippen LogP contribution in [-0.2, 0) is 16.4 Å². The predicted octanol–water partition coefficient (Wildman–Crippen LogP) is 3.49. The first kappa shape index (κ1) is 18.7. The third kappa shape index (κ3) is 4.56. The molecule has 0 saturated carbocycles. The maximum atomic E-state index is 12.6. The monoisotopic (exact) mass is 392 g/mol. The van der Waals surface area contributed by atoms with Crippen molar-refractivity contribution in [2.45, 2.75) is 30.3 Å². The number of hydrogen-bond acceptors (Lipinski definition) is 3. The summed E-state index contributed by atoms with van der Waals surface area (Å²) < 4.78 is 25.2. The summed E-state index contributed by atoms with van der Waals surface area (Å²) in [6.07, 6.45) is 1.50. The van der Waals surface area contributed by atoms with Gasteiger partial charge in [0.1, 0.15) is 0 Å². The SMILES string of the molecule is O=C(NCc1ccc(Cl)cc1)N1CCC[C@@H]1CS(=O)(=O)c1ccccc1. The van der Waals surface area contributed by atoms with Gasteiger partial charge < -0.3 is 10.2 Å². The summed E-state index contributed by atoms with van der Waals surface area (Å²) in [5.41, 5.74) is 0.940. The molecule has 5 nitrogen and oxygen atoms in total. The van der Waals surface area contributed by atoms with Gasteiger partial charge in [0, 0.05) is 24.2 Å². The van der Waals surface area contributed by atoms with Crippen molar-refractivity contribution >= 4 is 27.5 Å². The van der Waals surface area contributed by atoms with Crippen LogP contribution < -0.4 is 5.32 Å². The van der Waals surface area contributed by atoms with Crippen LogP contribution in [0.2, 0.25) is 5.02 Å². The van der Waals surface area contributed by atoms with Crippen LogP contribution in [0, 0.1) is 0 Å². The molecule has 0 aromatic heterocycles. The van der Waals surface area contributed by atoms with Crippen LogP contribution in [0.3, 0.4) is 0 Å². The van der Waals surface area contributed by atoms with Gasteiger partial charge in [0.15, 0.2) is 9.84 Å². The zero-order valence-electron chi connectivity index (χ0n) is 14.3. The fraction of sp³-hybridized carbons (Fsp3) is 0.316. The van der Waals surface area contributed by atoms with E-state index in [9.17, 15) is 13.2 Å². The number of hydrogen-bond donors (Lipinski definition) is 1. The summed E-state index contributed by atoms with van der Waals surface area (Å²) in [6.45, 7) is 0.950. The van der Waals surface area contributed by atoms with Crippen LogP contribution in [-0.4, -0.2) is 37.7 Å². The number of nitrogens with one attached hydrogen (secondary N) is 1. The normalized spacial score (nSPS) is 17.3. The molecule has 0 spiro atoms. The highest BCUT2D eigenvalue weighted by atomic mass is 35.5. The van der Waals surface area contributed by atoms with E-state index in [0.717, 1.165) is 12.0 Å². The van der Waals surface area contributed by atoms with Crippen LogP contribution in [0.1, 0.15) is 18.4 Å². The van der Waals surface area contributed by atoms with Gasteiger partial charge in [-0.25, -0.2) is 13.2 Å². The van der Waals surface area contributed by atoms with E-state index in [0.29, 0.717) is 29.4 Å². The van der Waals surface area contributed by atoms with E-state index in [4.69, 9.17) is 11.6 Å². The molecule has 0 bridgehead atoms. The summed E-state index contributed by atoms with van der Waals surface area (Å²) >= 11 is 5.86. The van der Waals surface area contributed by atoms with E-state index in [2.05, 4.69) is 5.32 Å². The second-order valence-corrected chi connectivity index (χ2v) is 8.84. The van der Waals surface area contributed by atoms with Gasteiger partial charge in [0.2, 0.25) is 0 Å². The molecular weight excluding hydrogens is 372 g/mol. The molecule has 1 fully saturated rings. The maximum absolute atomic E-state index is 12.6. The highest BCUT2D eigenvalue weighted by Crippen LogP contribution is 2.22. The minimum atomic E-state index is -3.42. The number of halogens is 1. The Bertz CT molecular complexity index is 854. The summed E-state index contributed by atoms with van der Waals surface area (Å²) in [6, 6.07) is 15.1. The van der Waals surface area contributed by atoms with Crippen LogP contribution in [0.5, 0.6) is 0 Å². The summed E-state index contributed by atoms with van der Waals surface area (Å²) in [7, 11) is -3.42. The van der Waals surface area contributed by atoms with Crippen molar-refractivity contribution in [3.8, 4) is 0 Å². The van der Waals surface area contributed by atoms with Gasteiger partial charge in [-0.2, -0.15) is 0 Å². The Morgan fingerprint density at radius 2 is 1.81 bits per heavy atom. The van der Waals surface area contributed by atoms with Crippen molar-refractivity contribution in [2.24, 2.45) is 0 Å². The highest BCUT2D eigenvalue weighted by Gasteiger charge is 2.32. The second kappa shape index (κ2) is 8.10. The number of rotatable bonds is 5. The third-order valence-corrected chi connectivity index (χ3v) is 6.58. The second-order valence-electron chi connectivity index (χ2n) is 6.37. The van der Waals surface area contributed by atoms with Gasteiger partial charge in [-0.05, 0) is 42.7 Å². The standard InChI is InChI=1S/C19H21ClN2O3S/c20-16-10-8-15(9-11-16)13-21-19(23)22-12-4-5-17(22)14-26(24,25)18-6-2-1-3-7-18/h1-3,6-11,17H,4-5,12-14H2,(H,21,23)/t17-/m1/s1. The van der Waals surface area contributed by atoms with Crippen LogP contribution >= 0.6 is 11.6 Å². The molecule has 0 aliphatic carbocycles. The van der Waals surface area contributed by atoms with E-state index < -0.39 is 9.84 Å². The molecule has 26 heavy (non-hydrogen) atoms. The lowest BCUT2D eigenvalue weighted by Crippen LogP contribution is -2.45. The Morgan fingerprint density at radius 3 is 2.50 bits per heavy atom. The highest BCUT2D eigenvalue weighted by molar-refractivity contribution is 7.91. The number of nitrogens with zero attached hydrogens (tertiary/aromatic N) is 1. The predicted molar refractivity (Wildman–Crippen MR) is 102 cm³/mol. The zero-order valence-corrected chi connectivity index (χ0v) is 15.8. The van der Waals surface area contributed by atoms with E-state index in [1.165, 1.54) is 0 Å². The molecule has 7 heteroatoms. The number of carbonyl (C=O) groups excluding carboxylic acids is 1. The van der Waals surface area contributed by atoms with E-state index in [-0.39, 0.29) is 17.8 Å². The quantitative estimate of drug-likeness (QED) is 0.846. The molecule has 3 rings (SSSR count). The maximum Gasteiger partial charge on any atom is 0.317 e. The van der Waals surface area contributed by atoms with E-state index >= 15 is 0 Å². The molecule has 1 aliphatic rings. The summed E-state index contributed by atoms with van der Waals surface area (Å²) in [5, 5.41) is 3.51. The summed E-state index contributed by atoms with van der Waals surface area (Å²) in [5.74, 6) is -0.0502. The molecule has 2 aromatic carbocycles. The minimum absolute atomic E-state index is 0.0502. The lowest BCUT2D eigenvalue weighted by atomic mass is 10.2. The first-order chi connectivity index (χ1) is 12.5. The molecule has 1 saturated heterocycles. The average Bonchev–Trinajstić information content (AvgIpc) is 3.09. The van der Waals surface area contributed by atoms with Crippen molar-refractivity contribution in [1.82, 2.24) is 10.2 Å². The van der Waals surface area contributed by atoms with Crippen LogP contribution in [0.25, 0.3) is 0 Å². The molecule has 2 aromatic rings. The Hall–Kier alpha value is -2.05. The Morgan fingerprint density at radius 1 is 1.12 bits per heavy atom. The number of sulfone groups is 1. The lowest BCUT2D eigenvalue weighted by molar-refractivity contribution is 0.196. The van der Waals surface area contributed by atoms with Gasteiger partial charge in [-0.1, -0.05) is 41.9 Å². The molecule has 1 heterocycles. The smallest absolute Gasteiger partial charge is 0.317 e. The van der Waals surface area contributed by atoms with Gasteiger partial charge in [-0.3, -0.25) is 0 Å². The number of amides is 2. The first-order valence-corrected chi connectivity index (χ1v) is 10.6. The third-order valence-electron chi connectivity index (χ3n) is 4.51. The molecule has 1 N–H and O–H groups in total. The van der Waals surface area contributed by atoms with Crippen LogP contribution in [0.15, 0.2) is 59.5 Å². The fourth-order valence-corrected chi connectivity index (χ4v) is 4.88. The number of benzene rings is 2. The minimum Gasteiger partial charge on any atom is -0.334 e. The van der Waals surface area contributed by atoms with Crippen molar-refractivity contribution in [1.29, 1.82) is 0 Å². The average molecular weight is 393 g/mol. The molecule has 2 amide bonds.